The van der Waals surface area contributed by atoms with Crippen molar-refractivity contribution < 1.29 is 5.11 Å². The molecular weight excluding hydrogens is 92.1 g/mol. The molecule has 1 N–H and O–H groups in total. The minimum absolute atomic E-state index is 0.0235. The highest BCUT2D eigenvalue weighted by atomic mass is 16.3. The van der Waals surface area contributed by atoms with Gasteiger partial charge in [0.05, 0.1) is 0 Å². The van der Waals surface area contributed by atoms with Crippen LogP contribution >= 0.6 is 0 Å². The van der Waals surface area contributed by atoms with E-state index in [4.69, 9.17) is 5.11 Å². The van der Waals surface area contributed by atoms with Crippen LogP contribution in [0.4, 0.5) is 0 Å². The summed E-state index contributed by atoms with van der Waals surface area (Å²) in [5, 5.41) is 13.4. The molecule has 0 saturated carbocycles. The Morgan fingerprint density at radius 3 is 2.57 bits per heavy atom. The Labute approximate surface area is 43.3 Å². The highest BCUT2D eigenvalue weighted by Gasteiger charge is 1.78. The third-order valence-electron chi connectivity index (χ3n) is 0.517. The van der Waals surface area contributed by atoms with E-state index in [0.717, 1.165) is 0 Å². The molecule has 0 atom stereocenters. The molecule has 0 aromatic heterocycles. The van der Waals surface area contributed by atoms with Crippen molar-refractivity contribution in [3.63, 3.8) is 0 Å². The first-order chi connectivity index (χ1) is 3.31. The Morgan fingerprint density at radius 2 is 2.43 bits per heavy atom. The molecule has 7 heavy (non-hydrogen) atoms. The van der Waals surface area contributed by atoms with E-state index in [9.17, 15) is 0 Å². The van der Waals surface area contributed by atoms with Gasteiger partial charge in [0.2, 0.25) is 0 Å². The highest BCUT2D eigenvalue weighted by Crippen LogP contribution is 1.74. The maximum absolute atomic E-state index is 8.28. The molecule has 0 fully saturated rings. The maximum atomic E-state index is 8.28. The van der Waals surface area contributed by atoms with E-state index in [1.54, 1.807) is 20.2 Å². The minimum Gasteiger partial charge on any atom is -0.375 e. The van der Waals surface area contributed by atoms with Gasteiger partial charge in [-0.15, -0.1) is 0 Å². The van der Waals surface area contributed by atoms with Crippen LogP contribution in [-0.4, -0.2) is 30.1 Å². The smallest absolute Gasteiger partial charge is 0.131 e. The molecule has 0 heterocycles. The van der Waals surface area contributed by atoms with Crippen LogP contribution in [0.1, 0.15) is 6.92 Å². The molecule has 42 valence electrons. The first-order valence-corrected chi connectivity index (χ1v) is 2.12. The van der Waals surface area contributed by atoms with Gasteiger partial charge in [0.15, 0.2) is 0 Å². The fraction of sp³-hybridized carbons (Fsp3) is 0.750. The van der Waals surface area contributed by atoms with Crippen LogP contribution in [0.3, 0.4) is 0 Å². The van der Waals surface area contributed by atoms with Gasteiger partial charge in [-0.2, -0.15) is 5.10 Å². The number of rotatable bonds is 2. The zero-order valence-electron chi connectivity index (χ0n) is 4.63. The lowest BCUT2D eigenvalue weighted by Gasteiger charge is -2.04. The lowest BCUT2D eigenvalue weighted by molar-refractivity contribution is 0.137. The summed E-state index contributed by atoms with van der Waals surface area (Å²) in [6.45, 7) is 1.77. The number of hydrogen-bond donors (Lipinski definition) is 1. The van der Waals surface area contributed by atoms with E-state index in [2.05, 4.69) is 5.10 Å². The second-order valence-corrected chi connectivity index (χ2v) is 1.17. The lowest BCUT2D eigenvalue weighted by Crippen LogP contribution is -2.10. The van der Waals surface area contributed by atoms with Gasteiger partial charge in [-0.1, -0.05) is 0 Å². The molecule has 3 nitrogen and oxygen atoms in total. The number of hydrogen-bond acceptors (Lipinski definition) is 3. The molecule has 0 aliphatic heterocycles. The van der Waals surface area contributed by atoms with Crippen molar-refractivity contribution in [2.24, 2.45) is 5.10 Å². The molecule has 3 heteroatoms. The van der Waals surface area contributed by atoms with Crippen molar-refractivity contribution >= 4 is 6.21 Å². The second-order valence-electron chi connectivity index (χ2n) is 1.17. The summed E-state index contributed by atoms with van der Waals surface area (Å²) in [6, 6.07) is 0. The molecule has 0 bridgehead atoms. The topological polar surface area (TPSA) is 35.8 Å². The highest BCUT2D eigenvalue weighted by molar-refractivity contribution is 5.52. The summed E-state index contributed by atoms with van der Waals surface area (Å²) in [5.74, 6) is 0. The van der Waals surface area contributed by atoms with Crippen LogP contribution in [0.25, 0.3) is 0 Å². The van der Waals surface area contributed by atoms with Crippen molar-refractivity contribution in [3.05, 3.63) is 0 Å². The Bertz CT molecular complexity index is 62.7. The minimum atomic E-state index is -0.0235. The number of aliphatic hydroxyl groups is 1. The maximum Gasteiger partial charge on any atom is 0.131 e. The van der Waals surface area contributed by atoms with Gasteiger partial charge in [0, 0.05) is 13.3 Å². The summed E-state index contributed by atoms with van der Waals surface area (Å²) in [7, 11) is 1.69. The number of nitrogens with zero attached hydrogens (tertiary/aromatic N) is 2. The molecule has 0 radical (unpaired) electrons. The Morgan fingerprint density at radius 1 is 1.86 bits per heavy atom. The second kappa shape index (κ2) is 3.61. The van der Waals surface area contributed by atoms with Crippen molar-refractivity contribution in [1.82, 2.24) is 5.01 Å². The first kappa shape index (κ1) is 6.43. The van der Waals surface area contributed by atoms with Gasteiger partial charge in [0.1, 0.15) is 6.73 Å². The SMILES string of the molecule is C/C=N\N(C)CO. The van der Waals surface area contributed by atoms with Crippen LogP contribution in [0.5, 0.6) is 0 Å². The van der Waals surface area contributed by atoms with Crippen molar-refractivity contribution in [2.75, 3.05) is 13.8 Å². The van der Waals surface area contributed by atoms with Gasteiger partial charge in [-0.3, -0.25) is 5.01 Å². The fourth-order valence-electron chi connectivity index (χ4n) is 0.234. The molecule has 0 unspecified atom stereocenters. The van der Waals surface area contributed by atoms with Crippen LogP contribution in [0, 0.1) is 0 Å². The molecule has 0 saturated heterocycles. The standard InChI is InChI=1S/C4H10N2O/c1-3-5-6(2)4-7/h3,7H,4H2,1-2H3/b5-3-. The molecule has 0 amide bonds. The number of hydrazone groups is 1. The predicted molar refractivity (Wildman–Crippen MR) is 29.0 cm³/mol. The van der Waals surface area contributed by atoms with Crippen LogP contribution in [0.2, 0.25) is 0 Å². The Balaban J connectivity index is 3.16. The molecule has 0 aliphatic rings. The van der Waals surface area contributed by atoms with E-state index in [1.807, 2.05) is 0 Å². The van der Waals surface area contributed by atoms with E-state index >= 15 is 0 Å². The summed E-state index contributed by atoms with van der Waals surface area (Å²) < 4.78 is 0. The average molecular weight is 102 g/mol. The van der Waals surface area contributed by atoms with Gasteiger partial charge < -0.3 is 5.11 Å². The summed E-state index contributed by atoms with van der Waals surface area (Å²) >= 11 is 0. The monoisotopic (exact) mass is 102 g/mol. The van der Waals surface area contributed by atoms with Gasteiger partial charge in [-0.25, -0.2) is 0 Å². The molecular formula is C4H10N2O. The Hall–Kier alpha value is -0.570. The van der Waals surface area contributed by atoms with Crippen LogP contribution < -0.4 is 0 Å². The van der Waals surface area contributed by atoms with Crippen LogP contribution in [-0.2, 0) is 0 Å². The fourth-order valence-corrected chi connectivity index (χ4v) is 0.234. The lowest BCUT2D eigenvalue weighted by atomic mass is 10.9. The number of aliphatic hydroxyl groups excluding tert-OH is 1. The van der Waals surface area contributed by atoms with E-state index in [-0.39, 0.29) is 6.73 Å². The summed E-state index contributed by atoms with van der Waals surface area (Å²) in [5.41, 5.74) is 0. The van der Waals surface area contributed by atoms with Crippen LogP contribution in [0.15, 0.2) is 5.10 Å². The van der Waals surface area contributed by atoms with E-state index < -0.39 is 0 Å². The molecule has 0 aliphatic carbocycles. The molecule has 0 spiro atoms. The summed E-state index contributed by atoms with van der Waals surface area (Å²) in [6.07, 6.45) is 1.62. The predicted octanol–water partition coefficient (Wildman–Crippen LogP) is -0.126. The molecule has 0 aromatic carbocycles. The van der Waals surface area contributed by atoms with Crippen molar-refractivity contribution in [1.29, 1.82) is 0 Å². The summed E-state index contributed by atoms with van der Waals surface area (Å²) in [4.78, 5) is 0. The molecule has 0 aromatic rings. The van der Waals surface area contributed by atoms with Gasteiger partial charge >= 0.3 is 0 Å². The van der Waals surface area contributed by atoms with Gasteiger partial charge in [0.25, 0.3) is 0 Å². The van der Waals surface area contributed by atoms with Gasteiger partial charge in [-0.05, 0) is 6.92 Å². The zero-order valence-corrected chi connectivity index (χ0v) is 4.63. The zero-order chi connectivity index (χ0) is 5.70. The largest absolute Gasteiger partial charge is 0.375 e. The van der Waals surface area contributed by atoms with E-state index in [0.29, 0.717) is 0 Å². The Kier molecular flexibility index (Phi) is 3.32. The molecule has 0 rings (SSSR count). The quantitative estimate of drug-likeness (QED) is 0.299. The van der Waals surface area contributed by atoms with Crippen molar-refractivity contribution in [2.45, 2.75) is 6.92 Å². The normalized spacial score (nSPS) is 10.1. The third kappa shape index (κ3) is 3.26. The first-order valence-electron chi connectivity index (χ1n) is 2.12. The third-order valence-corrected chi connectivity index (χ3v) is 0.517. The average Bonchev–Trinajstić information content (AvgIpc) is 1.68. The van der Waals surface area contributed by atoms with Crippen molar-refractivity contribution in [3.8, 4) is 0 Å². The van der Waals surface area contributed by atoms with E-state index in [1.165, 1.54) is 5.01 Å².